The number of aromatic nitrogens is 1. The van der Waals surface area contributed by atoms with Crippen molar-refractivity contribution in [3.05, 3.63) is 59.0 Å². The van der Waals surface area contributed by atoms with Crippen molar-refractivity contribution in [3.63, 3.8) is 0 Å². The molecule has 0 aliphatic rings. The standard InChI is InChI=1S/C37H51NO6S2/c1-2-3-4-5-6-7-8-9-10-11-12-13-14-15-16-19-26-43-31-24-23-30-28-32(37(39)44-34(30)29-31)36-38(25-20-27-46(40,41)42)33-21-17-18-22-35(33)45-36/h17-18,21-24,28-29H,2-16,19-20,25-27H2,1H3/p+1. The SMILES string of the molecule is CCCCCCCCCCCCCCCCCCOc1ccc2cc(-c3sc4ccccc4[n+]3CCCS(=O)(=O)O)c(=O)oc2c1. The summed E-state index contributed by atoms with van der Waals surface area (Å²) in [7, 11) is -4.07. The molecule has 2 aromatic heterocycles. The molecule has 2 heterocycles. The van der Waals surface area contributed by atoms with E-state index < -0.39 is 15.7 Å². The third-order valence-electron chi connectivity index (χ3n) is 8.60. The average molecular weight is 671 g/mol. The van der Waals surface area contributed by atoms with Crippen LogP contribution in [-0.2, 0) is 16.7 Å². The van der Waals surface area contributed by atoms with Crippen molar-refractivity contribution >= 4 is 42.6 Å². The summed E-state index contributed by atoms with van der Waals surface area (Å²) >= 11 is 1.46. The minimum Gasteiger partial charge on any atom is -0.493 e. The second-order valence-corrected chi connectivity index (χ2v) is 15.1. The van der Waals surface area contributed by atoms with Crippen LogP contribution in [0, 0.1) is 0 Å². The van der Waals surface area contributed by atoms with Gasteiger partial charge in [0.1, 0.15) is 21.6 Å². The van der Waals surface area contributed by atoms with Crippen molar-refractivity contribution in [2.45, 2.75) is 123 Å². The molecule has 0 atom stereocenters. The normalized spacial score (nSPS) is 12.0. The number of hydrogen-bond acceptors (Lipinski definition) is 6. The molecule has 7 nitrogen and oxygen atoms in total. The van der Waals surface area contributed by atoms with Gasteiger partial charge in [0, 0.05) is 23.9 Å². The fraction of sp³-hybridized carbons (Fsp3) is 0.568. The van der Waals surface area contributed by atoms with Gasteiger partial charge in [-0.25, -0.2) is 4.79 Å². The smallest absolute Gasteiger partial charge is 0.351 e. The second kappa shape index (κ2) is 19.2. The molecule has 0 radical (unpaired) electrons. The fourth-order valence-corrected chi connectivity index (χ4v) is 7.72. The zero-order chi connectivity index (χ0) is 32.6. The monoisotopic (exact) mass is 670 g/mol. The minimum absolute atomic E-state index is 0.218. The maximum atomic E-state index is 13.2. The van der Waals surface area contributed by atoms with Crippen LogP contribution in [0.1, 0.15) is 116 Å². The van der Waals surface area contributed by atoms with E-state index in [4.69, 9.17) is 9.15 Å². The molecule has 4 rings (SSSR count). The van der Waals surface area contributed by atoms with Gasteiger partial charge in [0.15, 0.2) is 6.54 Å². The summed E-state index contributed by atoms with van der Waals surface area (Å²) in [6, 6.07) is 15.1. The molecule has 0 saturated heterocycles. The molecule has 1 N–H and O–H groups in total. The van der Waals surface area contributed by atoms with Gasteiger partial charge in [0.2, 0.25) is 5.52 Å². The maximum Gasteiger partial charge on any atom is 0.351 e. The second-order valence-electron chi connectivity index (χ2n) is 12.5. The molecule has 0 saturated carbocycles. The lowest BCUT2D eigenvalue weighted by molar-refractivity contribution is -0.656. The van der Waals surface area contributed by atoms with Crippen molar-refractivity contribution in [2.24, 2.45) is 0 Å². The Balaban J connectivity index is 1.19. The molecule has 0 fully saturated rings. The molecule has 252 valence electrons. The van der Waals surface area contributed by atoms with Gasteiger partial charge in [0.05, 0.1) is 12.4 Å². The highest BCUT2D eigenvalue weighted by molar-refractivity contribution is 7.85. The first kappa shape index (κ1) is 36.1. The summed E-state index contributed by atoms with van der Waals surface area (Å²) in [5, 5.41) is 1.47. The summed E-state index contributed by atoms with van der Waals surface area (Å²) in [5.41, 5.74) is 1.33. The summed E-state index contributed by atoms with van der Waals surface area (Å²) in [5.74, 6) is 0.338. The molecule has 9 heteroatoms. The molecular formula is C37H52NO6S2+. The van der Waals surface area contributed by atoms with Crippen molar-refractivity contribution in [2.75, 3.05) is 12.4 Å². The number of unbranched alkanes of at least 4 members (excludes halogenated alkanes) is 15. The van der Waals surface area contributed by atoms with Gasteiger partial charge in [0.25, 0.3) is 15.1 Å². The van der Waals surface area contributed by atoms with E-state index in [0.717, 1.165) is 28.4 Å². The van der Waals surface area contributed by atoms with E-state index in [9.17, 15) is 17.8 Å². The first-order valence-corrected chi connectivity index (χ1v) is 19.9. The number of benzene rings is 2. The van der Waals surface area contributed by atoms with Crippen molar-refractivity contribution in [3.8, 4) is 16.3 Å². The van der Waals surface area contributed by atoms with Crippen LogP contribution in [0.15, 0.2) is 57.7 Å². The zero-order valence-electron chi connectivity index (χ0n) is 27.5. The summed E-state index contributed by atoms with van der Waals surface area (Å²) < 4.78 is 46.4. The Morgan fingerprint density at radius 1 is 0.783 bits per heavy atom. The summed E-state index contributed by atoms with van der Waals surface area (Å²) in [4.78, 5) is 13.2. The highest BCUT2D eigenvalue weighted by atomic mass is 32.2. The molecule has 0 amide bonds. The van der Waals surface area contributed by atoms with Crippen LogP contribution in [-0.4, -0.2) is 25.3 Å². The van der Waals surface area contributed by atoms with E-state index in [1.165, 1.54) is 101 Å². The Morgan fingerprint density at radius 3 is 2.02 bits per heavy atom. The summed E-state index contributed by atoms with van der Waals surface area (Å²) in [6.45, 7) is 3.25. The Kier molecular flexibility index (Phi) is 15.0. The predicted octanol–water partition coefficient (Wildman–Crippen LogP) is 9.88. The van der Waals surface area contributed by atoms with Crippen molar-refractivity contribution < 1.29 is 26.7 Å². The quantitative estimate of drug-likeness (QED) is 0.0365. The van der Waals surface area contributed by atoms with Crippen LogP contribution in [0.2, 0.25) is 0 Å². The van der Waals surface area contributed by atoms with E-state index in [0.29, 0.717) is 35.1 Å². The molecule has 0 aliphatic carbocycles. The molecule has 0 bridgehead atoms. The van der Waals surface area contributed by atoms with Gasteiger partial charge >= 0.3 is 5.63 Å². The molecule has 4 aromatic rings. The van der Waals surface area contributed by atoms with E-state index >= 15 is 0 Å². The lowest BCUT2D eigenvalue weighted by Crippen LogP contribution is -2.36. The number of rotatable bonds is 23. The first-order valence-electron chi connectivity index (χ1n) is 17.4. The number of para-hydroxylation sites is 1. The number of hydrogen-bond donors (Lipinski definition) is 1. The van der Waals surface area contributed by atoms with Gasteiger partial charge in [-0.3, -0.25) is 4.55 Å². The molecule has 2 aromatic carbocycles. The van der Waals surface area contributed by atoms with Crippen LogP contribution in [0.5, 0.6) is 5.75 Å². The average Bonchev–Trinajstić information content (AvgIpc) is 3.39. The largest absolute Gasteiger partial charge is 0.493 e. The van der Waals surface area contributed by atoms with Gasteiger partial charge in [-0.05, 0) is 30.7 Å². The van der Waals surface area contributed by atoms with Gasteiger partial charge in [-0.15, -0.1) is 0 Å². The fourth-order valence-electron chi connectivity index (χ4n) is 6.03. The van der Waals surface area contributed by atoms with E-state index in [-0.39, 0.29) is 12.2 Å². The molecule has 46 heavy (non-hydrogen) atoms. The van der Waals surface area contributed by atoms with Crippen LogP contribution in [0.3, 0.4) is 0 Å². The highest BCUT2D eigenvalue weighted by Crippen LogP contribution is 2.30. The van der Waals surface area contributed by atoms with E-state index in [1.807, 2.05) is 47.0 Å². The lowest BCUT2D eigenvalue weighted by Gasteiger charge is -2.07. The number of ether oxygens (including phenoxy) is 1. The van der Waals surface area contributed by atoms with Crippen LogP contribution >= 0.6 is 11.3 Å². The topological polar surface area (TPSA) is 97.7 Å². The maximum absolute atomic E-state index is 13.2. The minimum atomic E-state index is -4.07. The van der Waals surface area contributed by atoms with Crippen LogP contribution in [0.4, 0.5) is 0 Å². The zero-order valence-corrected chi connectivity index (χ0v) is 29.1. The third-order valence-corrected chi connectivity index (χ3v) is 10.6. The molecule has 0 aliphatic heterocycles. The van der Waals surface area contributed by atoms with Crippen molar-refractivity contribution in [1.82, 2.24) is 0 Å². The van der Waals surface area contributed by atoms with Gasteiger partial charge < -0.3 is 9.15 Å². The Morgan fingerprint density at radius 2 is 1.39 bits per heavy atom. The Hall–Kier alpha value is -2.75. The van der Waals surface area contributed by atoms with Crippen molar-refractivity contribution in [1.29, 1.82) is 0 Å². The molecular weight excluding hydrogens is 619 g/mol. The third kappa shape index (κ3) is 11.8. The van der Waals surface area contributed by atoms with Crippen LogP contribution < -0.4 is 14.9 Å². The van der Waals surface area contributed by atoms with Gasteiger partial charge in [-0.2, -0.15) is 13.0 Å². The number of nitrogens with zero attached hydrogens (tertiary/aromatic N) is 1. The predicted molar refractivity (Wildman–Crippen MR) is 190 cm³/mol. The summed E-state index contributed by atoms with van der Waals surface area (Å²) in [6.07, 6.45) is 21.6. The van der Waals surface area contributed by atoms with Crippen LogP contribution in [0.25, 0.3) is 31.8 Å². The number of thiazole rings is 1. The highest BCUT2D eigenvalue weighted by Gasteiger charge is 2.26. The Bertz CT molecular complexity index is 1660. The van der Waals surface area contributed by atoms with E-state index in [2.05, 4.69) is 6.92 Å². The van der Waals surface area contributed by atoms with Gasteiger partial charge in [-0.1, -0.05) is 127 Å². The van der Waals surface area contributed by atoms with E-state index in [1.54, 1.807) is 6.07 Å². The number of fused-ring (bicyclic) bond motifs is 2. The first-order chi connectivity index (χ1) is 22.4. The number of aryl methyl sites for hydroxylation is 1. The Labute approximate surface area is 278 Å². The lowest BCUT2D eigenvalue weighted by atomic mass is 10.0. The molecule has 0 spiro atoms. The molecule has 0 unspecified atom stereocenters.